The Bertz CT molecular complexity index is 664. The molecule has 3 rings (SSSR count). The van der Waals surface area contributed by atoms with Crippen LogP contribution in [0.5, 0.6) is 0 Å². The number of nitrogens with zero attached hydrogens (tertiary/aromatic N) is 4. The molecule has 0 spiro atoms. The fraction of sp³-hybridized carbons (Fsp3) is 0.312. The molecule has 2 aromatic rings. The van der Waals surface area contributed by atoms with Crippen LogP contribution in [-0.4, -0.2) is 47.2 Å². The van der Waals surface area contributed by atoms with Crippen LogP contribution in [-0.2, 0) is 0 Å². The topological polar surface area (TPSA) is 69.6 Å². The maximum absolute atomic E-state index is 10.8. The van der Waals surface area contributed by atoms with E-state index >= 15 is 0 Å². The van der Waals surface area contributed by atoms with Gasteiger partial charge in [-0.1, -0.05) is 18.2 Å². The summed E-state index contributed by atoms with van der Waals surface area (Å²) in [6, 6.07) is 8.38. The zero-order valence-corrected chi connectivity index (χ0v) is 12.4. The smallest absolute Gasteiger partial charge is 0.356 e. The summed E-state index contributed by atoms with van der Waals surface area (Å²) in [5.41, 5.74) is 2.53. The minimum absolute atomic E-state index is 0.0257. The molecule has 1 aromatic carbocycles. The molecule has 6 nitrogen and oxygen atoms in total. The molecule has 1 saturated heterocycles. The van der Waals surface area contributed by atoms with E-state index in [-0.39, 0.29) is 5.69 Å². The van der Waals surface area contributed by atoms with Gasteiger partial charge in [0.15, 0.2) is 5.69 Å². The van der Waals surface area contributed by atoms with Crippen LogP contribution in [0, 0.1) is 6.92 Å². The van der Waals surface area contributed by atoms with Gasteiger partial charge in [0.25, 0.3) is 0 Å². The number of aromatic nitrogens is 2. The van der Waals surface area contributed by atoms with Crippen molar-refractivity contribution in [3.05, 3.63) is 47.9 Å². The van der Waals surface area contributed by atoms with Gasteiger partial charge in [0.05, 0.1) is 12.4 Å². The van der Waals surface area contributed by atoms with E-state index in [1.54, 1.807) is 0 Å². The Morgan fingerprint density at radius 1 is 1.05 bits per heavy atom. The van der Waals surface area contributed by atoms with E-state index in [0.29, 0.717) is 0 Å². The van der Waals surface area contributed by atoms with Crippen molar-refractivity contribution < 1.29 is 9.90 Å². The number of carboxylic acid groups (broad SMARTS) is 1. The average molecular weight is 298 g/mol. The van der Waals surface area contributed by atoms with Gasteiger partial charge in [0.1, 0.15) is 5.82 Å². The SMILES string of the molecule is Cc1ccccc1N1CCN(c2cnc(C(=O)O)cn2)CC1. The number of para-hydroxylation sites is 1. The first kappa shape index (κ1) is 14.3. The van der Waals surface area contributed by atoms with E-state index < -0.39 is 5.97 Å². The minimum atomic E-state index is -1.05. The van der Waals surface area contributed by atoms with Crippen molar-refractivity contribution in [3.8, 4) is 0 Å². The lowest BCUT2D eigenvalue weighted by Crippen LogP contribution is -2.47. The molecular weight excluding hydrogens is 280 g/mol. The van der Waals surface area contributed by atoms with Gasteiger partial charge in [-0.2, -0.15) is 0 Å². The first-order valence-corrected chi connectivity index (χ1v) is 7.26. The maximum Gasteiger partial charge on any atom is 0.356 e. The first-order chi connectivity index (χ1) is 10.6. The normalized spacial score (nSPS) is 15.0. The number of aryl methyl sites for hydroxylation is 1. The maximum atomic E-state index is 10.8. The largest absolute Gasteiger partial charge is 0.476 e. The predicted molar refractivity (Wildman–Crippen MR) is 84.6 cm³/mol. The third kappa shape index (κ3) is 2.86. The number of hydrogen-bond acceptors (Lipinski definition) is 5. The molecule has 1 N–H and O–H groups in total. The third-order valence-corrected chi connectivity index (χ3v) is 3.92. The Labute approximate surface area is 129 Å². The zero-order valence-electron chi connectivity index (χ0n) is 12.4. The number of aromatic carboxylic acids is 1. The summed E-state index contributed by atoms with van der Waals surface area (Å²) in [6.45, 7) is 5.63. The molecule has 0 radical (unpaired) electrons. The molecule has 0 aliphatic carbocycles. The van der Waals surface area contributed by atoms with Gasteiger partial charge >= 0.3 is 5.97 Å². The molecule has 1 aromatic heterocycles. The second-order valence-electron chi connectivity index (χ2n) is 5.33. The van der Waals surface area contributed by atoms with Gasteiger partial charge < -0.3 is 14.9 Å². The Hall–Kier alpha value is -2.63. The van der Waals surface area contributed by atoms with Crippen LogP contribution in [0.4, 0.5) is 11.5 Å². The van der Waals surface area contributed by atoms with Crippen molar-refractivity contribution in [2.75, 3.05) is 36.0 Å². The number of hydrogen-bond donors (Lipinski definition) is 1. The Balaban J connectivity index is 1.66. The van der Waals surface area contributed by atoms with Crippen molar-refractivity contribution in [2.45, 2.75) is 6.92 Å². The van der Waals surface area contributed by atoms with E-state index in [1.807, 2.05) is 0 Å². The summed E-state index contributed by atoms with van der Waals surface area (Å²) < 4.78 is 0. The van der Waals surface area contributed by atoms with Gasteiger partial charge in [-0.3, -0.25) is 0 Å². The fourth-order valence-electron chi connectivity index (χ4n) is 2.69. The quantitative estimate of drug-likeness (QED) is 0.932. The highest BCUT2D eigenvalue weighted by molar-refractivity contribution is 5.84. The van der Waals surface area contributed by atoms with Crippen molar-refractivity contribution in [3.63, 3.8) is 0 Å². The molecule has 0 amide bonds. The van der Waals surface area contributed by atoms with E-state index in [9.17, 15) is 4.79 Å². The van der Waals surface area contributed by atoms with Crippen LogP contribution in [0.25, 0.3) is 0 Å². The van der Waals surface area contributed by atoms with Gasteiger partial charge in [-0.25, -0.2) is 14.8 Å². The molecule has 0 saturated carbocycles. The molecule has 0 atom stereocenters. The number of benzene rings is 1. The Morgan fingerprint density at radius 3 is 2.32 bits per heavy atom. The molecule has 0 bridgehead atoms. The minimum Gasteiger partial charge on any atom is -0.476 e. The molecule has 1 fully saturated rings. The molecule has 22 heavy (non-hydrogen) atoms. The highest BCUT2D eigenvalue weighted by Gasteiger charge is 2.19. The first-order valence-electron chi connectivity index (χ1n) is 7.26. The summed E-state index contributed by atoms with van der Waals surface area (Å²) in [5.74, 6) is -0.321. The molecule has 1 aliphatic heterocycles. The van der Waals surface area contributed by atoms with Gasteiger partial charge in [-0.05, 0) is 18.6 Å². The van der Waals surface area contributed by atoms with Crippen LogP contribution >= 0.6 is 0 Å². The lowest BCUT2D eigenvalue weighted by atomic mass is 10.1. The number of anilines is 2. The lowest BCUT2D eigenvalue weighted by Gasteiger charge is -2.37. The van der Waals surface area contributed by atoms with Gasteiger partial charge in [0.2, 0.25) is 0 Å². The summed E-state index contributed by atoms with van der Waals surface area (Å²) in [6.07, 6.45) is 2.85. The summed E-state index contributed by atoms with van der Waals surface area (Å²) >= 11 is 0. The van der Waals surface area contributed by atoms with Crippen molar-refractivity contribution in [1.82, 2.24) is 9.97 Å². The van der Waals surface area contributed by atoms with E-state index in [1.165, 1.54) is 23.6 Å². The molecular formula is C16H18N4O2. The van der Waals surface area contributed by atoms with Crippen LogP contribution in [0.3, 0.4) is 0 Å². The second kappa shape index (κ2) is 6.01. The average Bonchev–Trinajstić information content (AvgIpc) is 2.56. The number of carbonyl (C=O) groups is 1. The number of carboxylic acids is 1. The van der Waals surface area contributed by atoms with Crippen LogP contribution in [0.2, 0.25) is 0 Å². The number of rotatable bonds is 3. The highest BCUT2D eigenvalue weighted by atomic mass is 16.4. The Morgan fingerprint density at radius 2 is 1.73 bits per heavy atom. The second-order valence-corrected chi connectivity index (χ2v) is 5.33. The van der Waals surface area contributed by atoms with Gasteiger partial charge in [0, 0.05) is 31.9 Å². The third-order valence-electron chi connectivity index (χ3n) is 3.92. The summed E-state index contributed by atoms with van der Waals surface area (Å²) in [5, 5.41) is 8.85. The fourth-order valence-corrected chi connectivity index (χ4v) is 2.69. The molecule has 2 heterocycles. The molecule has 1 aliphatic rings. The predicted octanol–water partition coefficient (Wildman–Crippen LogP) is 1.81. The highest BCUT2D eigenvalue weighted by Crippen LogP contribution is 2.22. The van der Waals surface area contributed by atoms with Gasteiger partial charge in [-0.15, -0.1) is 0 Å². The van der Waals surface area contributed by atoms with Crippen molar-refractivity contribution >= 4 is 17.5 Å². The number of piperazine rings is 1. The standard InChI is InChI=1S/C16H18N4O2/c1-12-4-2-3-5-14(12)19-6-8-20(9-7-19)15-11-17-13(10-18-15)16(21)22/h2-5,10-11H,6-9H2,1H3,(H,21,22). The van der Waals surface area contributed by atoms with Crippen LogP contribution in [0.15, 0.2) is 36.7 Å². The summed E-state index contributed by atoms with van der Waals surface area (Å²) in [7, 11) is 0. The van der Waals surface area contributed by atoms with Crippen molar-refractivity contribution in [1.29, 1.82) is 0 Å². The van der Waals surface area contributed by atoms with E-state index in [4.69, 9.17) is 5.11 Å². The van der Waals surface area contributed by atoms with Crippen LogP contribution in [0.1, 0.15) is 16.1 Å². The molecule has 0 unspecified atom stereocenters. The lowest BCUT2D eigenvalue weighted by molar-refractivity contribution is 0.0690. The molecule has 114 valence electrons. The van der Waals surface area contributed by atoms with Crippen molar-refractivity contribution in [2.24, 2.45) is 0 Å². The van der Waals surface area contributed by atoms with E-state index in [0.717, 1.165) is 32.0 Å². The monoisotopic (exact) mass is 298 g/mol. The molecule has 6 heteroatoms. The van der Waals surface area contributed by atoms with Crippen LogP contribution < -0.4 is 9.80 Å². The summed E-state index contributed by atoms with van der Waals surface area (Å²) in [4.78, 5) is 23.4. The van der Waals surface area contributed by atoms with E-state index in [2.05, 4.69) is 51.0 Å². The Kier molecular flexibility index (Phi) is 3.91. The zero-order chi connectivity index (χ0) is 15.5.